The van der Waals surface area contributed by atoms with E-state index in [1.54, 1.807) is 11.3 Å². The van der Waals surface area contributed by atoms with Crippen LogP contribution in [0, 0.1) is 20.8 Å². The maximum Gasteiger partial charge on any atom is 0.139 e. The molecule has 17 heavy (non-hydrogen) atoms. The van der Waals surface area contributed by atoms with Crippen molar-refractivity contribution in [2.75, 3.05) is 0 Å². The van der Waals surface area contributed by atoms with Gasteiger partial charge in [-0.05, 0) is 48.9 Å². The van der Waals surface area contributed by atoms with Gasteiger partial charge in [0.1, 0.15) is 5.82 Å². The van der Waals surface area contributed by atoms with E-state index >= 15 is 0 Å². The van der Waals surface area contributed by atoms with E-state index in [4.69, 9.17) is 4.98 Å². The van der Waals surface area contributed by atoms with Gasteiger partial charge in [-0.15, -0.1) is 0 Å². The number of nitrogens with one attached hydrogen (secondary N) is 1. The molecule has 3 aromatic rings. The molecule has 3 heteroatoms. The standard InChI is InChI=1S/C14H14N2S/c1-8-4-9(2)13-12(5-8)15-14(16-13)11-7-17-6-10(11)3/h4-7H,1-3H3,(H,15,16). The number of aromatic amines is 1. The summed E-state index contributed by atoms with van der Waals surface area (Å²) in [4.78, 5) is 8.12. The van der Waals surface area contributed by atoms with Crippen LogP contribution in [0.3, 0.4) is 0 Å². The zero-order valence-corrected chi connectivity index (χ0v) is 11.0. The Morgan fingerprint density at radius 2 is 1.88 bits per heavy atom. The van der Waals surface area contributed by atoms with Crippen LogP contribution in [0.25, 0.3) is 22.4 Å². The molecule has 0 aliphatic rings. The molecule has 0 radical (unpaired) electrons. The van der Waals surface area contributed by atoms with Crippen LogP contribution in [0.1, 0.15) is 16.7 Å². The fourth-order valence-corrected chi connectivity index (χ4v) is 3.03. The average molecular weight is 242 g/mol. The molecule has 0 aliphatic heterocycles. The lowest BCUT2D eigenvalue weighted by Gasteiger charge is -1.96. The first-order valence-corrected chi connectivity index (χ1v) is 6.59. The number of thiophene rings is 1. The van der Waals surface area contributed by atoms with Crippen molar-refractivity contribution in [1.82, 2.24) is 9.97 Å². The number of benzene rings is 1. The van der Waals surface area contributed by atoms with Crippen LogP contribution in [0.15, 0.2) is 22.9 Å². The summed E-state index contributed by atoms with van der Waals surface area (Å²) in [5, 5.41) is 4.30. The number of nitrogens with zero attached hydrogens (tertiary/aromatic N) is 1. The molecular formula is C14H14N2S. The predicted octanol–water partition coefficient (Wildman–Crippen LogP) is 4.22. The normalized spacial score (nSPS) is 11.2. The van der Waals surface area contributed by atoms with E-state index < -0.39 is 0 Å². The molecule has 0 atom stereocenters. The molecule has 3 rings (SSSR count). The van der Waals surface area contributed by atoms with Gasteiger partial charge in [-0.2, -0.15) is 11.3 Å². The molecule has 0 spiro atoms. The summed E-state index contributed by atoms with van der Waals surface area (Å²) in [5.74, 6) is 0.979. The number of imidazole rings is 1. The molecule has 0 unspecified atom stereocenters. The van der Waals surface area contributed by atoms with Gasteiger partial charge in [0.05, 0.1) is 11.0 Å². The number of aryl methyl sites for hydroxylation is 3. The largest absolute Gasteiger partial charge is 0.338 e. The van der Waals surface area contributed by atoms with E-state index in [9.17, 15) is 0 Å². The zero-order valence-electron chi connectivity index (χ0n) is 10.2. The van der Waals surface area contributed by atoms with Gasteiger partial charge in [0, 0.05) is 10.9 Å². The first kappa shape index (κ1) is 10.5. The van der Waals surface area contributed by atoms with Gasteiger partial charge in [0.25, 0.3) is 0 Å². The predicted molar refractivity (Wildman–Crippen MR) is 73.6 cm³/mol. The fraction of sp³-hybridized carbons (Fsp3) is 0.214. The van der Waals surface area contributed by atoms with E-state index in [0.717, 1.165) is 16.9 Å². The third-order valence-electron chi connectivity index (χ3n) is 3.03. The lowest BCUT2D eigenvalue weighted by molar-refractivity contribution is 1.32. The number of aromatic nitrogens is 2. The molecule has 0 saturated carbocycles. The summed E-state index contributed by atoms with van der Waals surface area (Å²) < 4.78 is 0. The number of H-pyrrole nitrogens is 1. The van der Waals surface area contributed by atoms with Crippen LogP contribution in [0.5, 0.6) is 0 Å². The number of hydrogen-bond donors (Lipinski definition) is 1. The number of hydrogen-bond acceptors (Lipinski definition) is 2. The Kier molecular flexibility index (Phi) is 2.30. The second-order valence-corrected chi connectivity index (χ2v) is 5.28. The lowest BCUT2D eigenvalue weighted by Crippen LogP contribution is -1.79. The Hall–Kier alpha value is -1.61. The van der Waals surface area contributed by atoms with Crippen LogP contribution in [-0.2, 0) is 0 Å². The summed E-state index contributed by atoms with van der Waals surface area (Å²) >= 11 is 1.72. The van der Waals surface area contributed by atoms with Crippen molar-refractivity contribution in [2.45, 2.75) is 20.8 Å². The van der Waals surface area contributed by atoms with Crippen LogP contribution >= 0.6 is 11.3 Å². The summed E-state index contributed by atoms with van der Waals surface area (Å²) in [6.45, 7) is 6.35. The van der Waals surface area contributed by atoms with Crippen molar-refractivity contribution in [3.8, 4) is 11.4 Å². The second kappa shape index (κ2) is 3.70. The van der Waals surface area contributed by atoms with Crippen LogP contribution in [-0.4, -0.2) is 9.97 Å². The van der Waals surface area contributed by atoms with Crippen molar-refractivity contribution < 1.29 is 0 Å². The van der Waals surface area contributed by atoms with Crippen molar-refractivity contribution >= 4 is 22.4 Å². The molecule has 0 amide bonds. The Bertz CT molecular complexity index is 691. The quantitative estimate of drug-likeness (QED) is 0.680. The highest BCUT2D eigenvalue weighted by Crippen LogP contribution is 2.28. The Balaban J connectivity index is 2.27. The van der Waals surface area contributed by atoms with E-state index in [2.05, 4.69) is 48.6 Å². The summed E-state index contributed by atoms with van der Waals surface area (Å²) in [5.41, 5.74) is 7.20. The van der Waals surface area contributed by atoms with Gasteiger partial charge in [-0.1, -0.05) is 6.07 Å². The summed E-state index contributed by atoms with van der Waals surface area (Å²) in [6.07, 6.45) is 0. The van der Waals surface area contributed by atoms with Gasteiger partial charge < -0.3 is 4.98 Å². The maximum atomic E-state index is 4.71. The smallest absolute Gasteiger partial charge is 0.139 e. The Morgan fingerprint density at radius 3 is 2.59 bits per heavy atom. The highest BCUT2D eigenvalue weighted by molar-refractivity contribution is 7.08. The molecule has 86 valence electrons. The molecule has 2 heterocycles. The minimum Gasteiger partial charge on any atom is -0.338 e. The molecule has 2 nitrogen and oxygen atoms in total. The first-order valence-electron chi connectivity index (χ1n) is 5.65. The van der Waals surface area contributed by atoms with Crippen LogP contribution in [0.2, 0.25) is 0 Å². The summed E-state index contributed by atoms with van der Waals surface area (Å²) in [6, 6.07) is 4.33. The topological polar surface area (TPSA) is 28.7 Å². The number of rotatable bonds is 1. The van der Waals surface area contributed by atoms with E-state index in [-0.39, 0.29) is 0 Å². The molecule has 0 bridgehead atoms. The molecular weight excluding hydrogens is 228 g/mol. The highest BCUT2D eigenvalue weighted by Gasteiger charge is 2.10. The maximum absolute atomic E-state index is 4.71. The van der Waals surface area contributed by atoms with E-state index in [1.165, 1.54) is 22.3 Å². The van der Waals surface area contributed by atoms with Crippen molar-refractivity contribution in [2.24, 2.45) is 0 Å². The van der Waals surface area contributed by atoms with Crippen molar-refractivity contribution in [3.05, 3.63) is 39.6 Å². The van der Waals surface area contributed by atoms with Crippen molar-refractivity contribution in [1.29, 1.82) is 0 Å². The Morgan fingerprint density at radius 1 is 1.06 bits per heavy atom. The van der Waals surface area contributed by atoms with Crippen LogP contribution < -0.4 is 0 Å². The minimum atomic E-state index is 0.979. The Labute approximate surface area is 104 Å². The third kappa shape index (κ3) is 1.67. The van der Waals surface area contributed by atoms with Gasteiger partial charge in [0.2, 0.25) is 0 Å². The molecule has 1 aromatic carbocycles. The van der Waals surface area contributed by atoms with Crippen LogP contribution in [0.4, 0.5) is 0 Å². The second-order valence-electron chi connectivity index (χ2n) is 4.53. The van der Waals surface area contributed by atoms with Crippen molar-refractivity contribution in [3.63, 3.8) is 0 Å². The van der Waals surface area contributed by atoms with E-state index in [0.29, 0.717) is 0 Å². The van der Waals surface area contributed by atoms with E-state index in [1.807, 2.05) is 0 Å². The van der Waals surface area contributed by atoms with Gasteiger partial charge >= 0.3 is 0 Å². The SMILES string of the molecule is Cc1cc(C)c2nc(-c3cscc3C)[nH]c2c1. The van der Waals surface area contributed by atoms with Gasteiger partial charge in [-0.3, -0.25) is 0 Å². The first-order chi connectivity index (χ1) is 8.15. The average Bonchev–Trinajstić information content (AvgIpc) is 2.83. The monoisotopic (exact) mass is 242 g/mol. The zero-order chi connectivity index (χ0) is 12.0. The molecule has 0 saturated heterocycles. The molecule has 2 aromatic heterocycles. The summed E-state index contributed by atoms with van der Waals surface area (Å²) in [7, 11) is 0. The molecule has 1 N–H and O–H groups in total. The molecule has 0 aliphatic carbocycles. The lowest BCUT2D eigenvalue weighted by atomic mass is 10.1. The third-order valence-corrected chi connectivity index (χ3v) is 3.89. The number of fused-ring (bicyclic) bond motifs is 1. The van der Waals surface area contributed by atoms with Gasteiger partial charge in [-0.25, -0.2) is 4.98 Å². The fourth-order valence-electron chi connectivity index (χ4n) is 2.20. The minimum absolute atomic E-state index is 0.979. The van der Waals surface area contributed by atoms with Gasteiger partial charge in [0.15, 0.2) is 0 Å². The molecule has 0 fully saturated rings. The highest BCUT2D eigenvalue weighted by atomic mass is 32.1.